The molecule has 0 aliphatic rings. The van der Waals surface area contributed by atoms with E-state index in [-0.39, 0.29) is 21.4 Å². The largest absolute Gasteiger partial charge is 0.497 e. The van der Waals surface area contributed by atoms with E-state index in [1.165, 1.54) is 19.2 Å². The molecule has 0 saturated heterocycles. The van der Waals surface area contributed by atoms with Crippen molar-refractivity contribution in [1.29, 1.82) is 0 Å². The van der Waals surface area contributed by atoms with Gasteiger partial charge in [0.1, 0.15) is 17.0 Å². The van der Waals surface area contributed by atoms with Gasteiger partial charge in [-0.1, -0.05) is 29.3 Å². The first kappa shape index (κ1) is 22.8. The number of nitrogens with zero attached hydrogens (tertiary/aromatic N) is 1. The summed E-state index contributed by atoms with van der Waals surface area (Å²) in [6, 6.07) is 15.6. The molecular weight excluding hydrogens is 485 g/mol. The van der Waals surface area contributed by atoms with Crippen LogP contribution >= 0.6 is 35.4 Å². The number of amides is 1. The summed E-state index contributed by atoms with van der Waals surface area (Å²) in [5.41, 5.74) is 2.84. The van der Waals surface area contributed by atoms with Crippen LogP contribution in [0.15, 0.2) is 59.0 Å². The van der Waals surface area contributed by atoms with E-state index in [2.05, 4.69) is 15.6 Å². The molecule has 1 aromatic heterocycles. The van der Waals surface area contributed by atoms with Crippen molar-refractivity contribution in [3.63, 3.8) is 0 Å². The molecule has 1 amide bonds. The van der Waals surface area contributed by atoms with E-state index in [0.717, 1.165) is 5.56 Å². The number of rotatable bonds is 5. The van der Waals surface area contributed by atoms with Gasteiger partial charge in [0.15, 0.2) is 10.7 Å². The predicted molar refractivity (Wildman–Crippen MR) is 133 cm³/mol. The molecule has 33 heavy (non-hydrogen) atoms. The van der Waals surface area contributed by atoms with Gasteiger partial charge in [-0.3, -0.25) is 10.1 Å². The van der Waals surface area contributed by atoms with Gasteiger partial charge in [-0.05, 0) is 54.7 Å². The molecule has 0 saturated carbocycles. The number of oxazole rings is 1. The monoisotopic (exact) mass is 501 g/mol. The summed E-state index contributed by atoms with van der Waals surface area (Å²) >= 11 is 17.4. The minimum Gasteiger partial charge on any atom is -0.497 e. The highest BCUT2D eigenvalue weighted by Crippen LogP contribution is 2.32. The number of fused-ring (bicyclic) bond motifs is 1. The maximum absolute atomic E-state index is 12.7. The molecule has 0 radical (unpaired) electrons. The number of halogens is 2. The van der Waals surface area contributed by atoms with Gasteiger partial charge in [0.2, 0.25) is 5.89 Å². The van der Waals surface area contributed by atoms with Crippen LogP contribution in [0.1, 0.15) is 10.4 Å². The molecule has 0 bridgehead atoms. The maximum atomic E-state index is 12.7. The third-order valence-corrected chi connectivity index (χ3v) is 5.35. The van der Waals surface area contributed by atoms with Gasteiger partial charge < -0.3 is 19.2 Å². The molecule has 0 fully saturated rings. The Kier molecular flexibility index (Phi) is 6.69. The van der Waals surface area contributed by atoms with Crippen molar-refractivity contribution in [2.24, 2.45) is 0 Å². The second-order valence-corrected chi connectivity index (χ2v) is 8.06. The first-order valence-electron chi connectivity index (χ1n) is 9.58. The smallest absolute Gasteiger partial charge is 0.261 e. The summed E-state index contributed by atoms with van der Waals surface area (Å²) < 4.78 is 16.3. The number of hydrogen-bond donors (Lipinski definition) is 2. The first-order valence-corrected chi connectivity index (χ1v) is 10.7. The average molecular weight is 502 g/mol. The molecule has 4 aromatic rings. The zero-order valence-electron chi connectivity index (χ0n) is 17.4. The van der Waals surface area contributed by atoms with Gasteiger partial charge in [0, 0.05) is 22.3 Å². The van der Waals surface area contributed by atoms with Crippen molar-refractivity contribution in [2.45, 2.75) is 0 Å². The van der Waals surface area contributed by atoms with Crippen LogP contribution in [0.25, 0.3) is 22.6 Å². The van der Waals surface area contributed by atoms with Crippen molar-refractivity contribution in [3.05, 3.63) is 70.2 Å². The summed E-state index contributed by atoms with van der Waals surface area (Å²) in [7, 11) is 3.01. The highest BCUT2D eigenvalue weighted by atomic mass is 35.5. The second kappa shape index (κ2) is 9.66. The SMILES string of the molecule is COc1ccc2oc(-c3cccc(NC(=S)NC(=O)c4cc(Cl)cc(Cl)c4OC)c3)nc2c1. The standard InChI is InChI=1S/C23H17Cl2N3O4S/c1-30-15-6-7-19-18(11-15)27-22(32-19)12-4-3-5-14(8-12)26-23(33)28-21(29)16-9-13(24)10-17(25)20(16)31-2/h3-11H,1-2H3,(H2,26,28,29,33). The van der Waals surface area contributed by atoms with Crippen molar-refractivity contribution >= 4 is 63.2 Å². The molecule has 2 N–H and O–H groups in total. The van der Waals surface area contributed by atoms with E-state index in [0.29, 0.717) is 33.4 Å². The second-order valence-electron chi connectivity index (χ2n) is 6.81. The van der Waals surface area contributed by atoms with Gasteiger partial charge in [-0.25, -0.2) is 4.98 Å². The Hall–Kier alpha value is -3.33. The quantitative estimate of drug-likeness (QED) is 0.327. The highest BCUT2D eigenvalue weighted by molar-refractivity contribution is 7.80. The number of carbonyl (C=O) groups excluding carboxylic acids is 1. The predicted octanol–water partition coefficient (Wildman–Crippen LogP) is 5.95. The number of hydrogen-bond acceptors (Lipinski definition) is 6. The van der Waals surface area contributed by atoms with Gasteiger partial charge in [0.25, 0.3) is 5.91 Å². The van der Waals surface area contributed by atoms with Gasteiger partial charge in [-0.2, -0.15) is 0 Å². The van der Waals surface area contributed by atoms with E-state index >= 15 is 0 Å². The molecule has 0 aliphatic carbocycles. The Morgan fingerprint density at radius 1 is 1.06 bits per heavy atom. The number of nitrogens with one attached hydrogen (secondary N) is 2. The number of benzene rings is 3. The van der Waals surface area contributed by atoms with Crippen molar-refractivity contribution in [2.75, 3.05) is 19.5 Å². The molecule has 10 heteroatoms. The summed E-state index contributed by atoms with van der Waals surface area (Å²) in [6.07, 6.45) is 0. The number of anilines is 1. The fourth-order valence-electron chi connectivity index (χ4n) is 3.16. The van der Waals surface area contributed by atoms with Gasteiger partial charge >= 0.3 is 0 Å². The molecule has 0 unspecified atom stereocenters. The molecule has 7 nitrogen and oxygen atoms in total. The summed E-state index contributed by atoms with van der Waals surface area (Å²) in [6.45, 7) is 0. The van der Waals surface area contributed by atoms with E-state index in [4.69, 9.17) is 49.3 Å². The van der Waals surface area contributed by atoms with Crippen molar-refractivity contribution in [1.82, 2.24) is 10.3 Å². The number of ether oxygens (including phenoxy) is 2. The Bertz CT molecular complexity index is 1370. The Morgan fingerprint density at radius 2 is 1.88 bits per heavy atom. The fourth-order valence-corrected chi connectivity index (χ4v) is 3.94. The first-order chi connectivity index (χ1) is 15.9. The zero-order valence-corrected chi connectivity index (χ0v) is 19.8. The molecule has 168 valence electrons. The molecule has 3 aromatic carbocycles. The zero-order chi connectivity index (χ0) is 23.5. The van der Waals surface area contributed by atoms with Crippen LogP contribution in [0, 0.1) is 0 Å². The van der Waals surface area contributed by atoms with Crippen LogP contribution in [0.4, 0.5) is 5.69 Å². The molecular formula is C23H17Cl2N3O4S. The number of aromatic nitrogens is 1. The minimum absolute atomic E-state index is 0.0811. The summed E-state index contributed by atoms with van der Waals surface area (Å²) in [5, 5.41) is 6.17. The topological polar surface area (TPSA) is 85.6 Å². The van der Waals surface area contributed by atoms with Crippen LogP contribution in [0.5, 0.6) is 11.5 Å². The van der Waals surface area contributed by atoms with E-state index in [1.807, 2.05) is 12.1 Å². The minimum atomic E-state index is -0.516. The Morgan fingerprint density at radius 3 is 2.64 bits per heavy atom. The van der Waals surface area contributed by atoms with Gasteiger partial charge in [0.05, 0.1) is 24.8 Å². The van der Waals surface area contributed by atoms with Crippen molar-refractivity contribution in [3.8, 4) is 23.0 Å². The lowest BCUT2D eigenvalue weighted by Gasteiger charge is -2.13. The van der Waals surface area contributed by atoms with Gasteiger partial charge in [-0.15, -0.1) is 0 Å². The van der Waals surface area contributed by atoms with Crippen LogP contribution in [0.2, 0.25) is 10.0 Å². The molecule has 0 aliphatic heterocycles. The summed E-state index contributed by atoms with van der Waals surface area (Å²) in [4.78, 5) is 17.2. The van der Waals surface area contributed by atoms with Crippen LogP contribution in [-0.2, 0) is 0 Å². The normalized spacial score (nSPS) is 10.7. The molecule has 1 heterocycles. The van der Waals surface area contributed by atoms with Crippen molar-refractivity contribution < 1.29 is 18.7 Å². The summed E-state index contributed by atoms with van der Waals surface area (Å²) in [5.74, 6) is 0.820. The third-order valence-electron chi connectivity index (χ3n) is 4.65. The third kappa shape index (κ3) is 5.03. The number of thiocarbonyl (C=S) groups is 1. The Labute approximate surface area is 204 Å². The van der Waals surface area contributed by atoms with Crippen LogP contribution < -0.4 is 20.1 Å². The van der Waals surface area contributed by atoms with Crippen LogP contribution in [0.3, 0.4) is 0 Å². The Balaban J connectivity index is 1.51. The lowest BCUT2D eigenvalue weighted by Crippen LogP contribution is -2.34. The number of methoxy groups -OCH3 is 2. The molecule has 0 atom stereocenters. The highest BCUT2D eigenvalue weighted by Gasteiger charge is 2.18. The maximum Gasteiger partial charge on any atom is 0.261 e. The number of carbonyl (C=O) groups is 1. The van der Waals surface area contributed by atoms with Crippen LogP contribution in [-0.4, -0.2) is 30.2 Å². The average Bonchev–Trinajstić information content (AvgIpc) is 3.22. The lowest BCUT2D eigenvalue weighted by molar-refractivity contribution is 0.0974. The van der Waals surface area contributed by atoms with E-state index in [1.54, 1.807) is 37.4 Å². The fraction of sp³-hybridized carbons (Fsp3) is 0.0870. The molecule has 0 spiro atoms. The lowest BCUT2D eigenvalue weighted by atomic mass is 10.2. The van der Waals surface area contributed by atoms with E-state index < -0.39 is 5.91 Å². The molecule has 4 rings (SSSR count). The van der Waals surface area contributed by atoms with E-state index in [9.17, 15) is 4.79 Å².